The predicted molar refractivity (Wildman–Crippen MR) is 85.2 cm³/mol. The number of thioether (sulfide) groups is 1. The van der Waals surface area contributed by atoms with Gasteiger partial charge in [0.1, 0.15) is 0 Å². The van der Waals surface area contributed by atoms with Crippen molar-refractivity contribution >= 4 is 17.7 Å². The van der Waals surface area contributed by atoms with E-state index in [1.807, 2.05) is 11.0 Å². The molecule has 0 saturated carbocycles. The van der Waals surface area contributed by atoms with Gasteiger partial charge in [-0.1, -0.05) is 17.8 Å². The highest BCUT2D eigenvalue weighted by molar-refractivity contribution is 7.99. The average molecular weight is 317 g/mol. The van der Waals surface area contributed by atoms with Crippen molar-refractivity contribution in [3.8, 4) is 5.69 Å². The van der Waals surface area contributed by atoms with E-state index in [4.69, 9.17) is 0 Å². The van der Waals surface area contributed by atoms with Gasteiger partial charge in [-0.15, -0.1) is 5.10 Å². The molecule has 1 fully saturated rings. The van der Waals surface area contributed by atoms with E-state index in [1.165, 1.54) is 22.9 Å². The third-order valence-electron chi connectivity index (χ3n) is 3.96. The first-order valence-corrected chi connectivity index (χ1v) is 8.40. The molecule has 1 amide bonds. The Labute approximate surface area is 133 Å². The van der Waals surface area contributed by atoms with E-state index in [2.05, 4.69) is 41.5 Å². The molecule has 1 aliphatic heterocycles. The van der Waals surface area contributed by atoms with Crippen LogP contribution in [0.2, 0.25) is 0 Å². The maximum absolute atomic E-state index is 12.1. The lowest BCUT2D eigenvalue weighted by molar-refractivity contribution is -0.127. The summed E-state index contributed by atoms with van der Waals surface area (Å²) in [6.07, 6.45) is 2.22. The Morgan fingerprint density at radius 3 is 2.73 bits per heavy atom. The van der Waals surface area contributed by atoms with Crippen molar-refractivity contribution in [1.82, 2.24) is 25.1 Å². The maximum atomic E-state index is 12.1. The van der Waals surface area contributed by atoms with Crippen LogP contribution in [0.15, 0.2) is 23.4 Å². The zero-order valence-electron chi connectivity index (χ0n) is 12.8. The molecule has 2 heterocycles. The molecular formula is C15H19N5OS. The van der Waals surface area contributed by atoms with Crippen molar-refractivity contribution < 1.29 is 4.79 Å². The van der Waals surface area contributed by atoms with Gasteiger partial charge in [0, 0.05) is 13.1 Å². The van der Waals surface area contributed by atoms with Crippen LogP contribution in [0.1, 0.15) is 24.0 Å². The normalized spacial score (nSPS) is 14.5. The number of aromatic nitrogens is 4. The third kappa shape index (κ3) is 3.14. The molecule has 1 aliphatic rings. The van der Waals surface area contributed by atoms with Gasteiger partial charge in [0.25, 0.3) is 0 Å². The lowest BCUT2D eigenvalue weighted by atomic mass is 10.1. The summed E-state index contributed by atoms with van der Waals surface area (Å²) in [5.41, 5.74) is 3.34. The Hall–Kier alpha value is -1.89. The molecule has 0 aliphatic carbocycles. The Bertz CT molecular complexity index is 678. The third-order valence-corrected chi connectivity index (χ3v) is 4.86. The molecule has 7 heteroatoms. The van der Waals surface area contributed by atoms with Gasteiger partial charge in [-0.05, 0) is 60.4 Å². The molecule has 0 unspecified atom stereocenters. The van der Waals surface area contributed by atoms with E-state index in [-0.39, 0.29) is 5.91 Å². The number of hydrogen-bond acceptors (Lipinski definition) is 5. The predicted octanol–water partition coefficient (Wildman–Crippen LogP) is 1.99. The Morgan fingerprint density at radius 1 is 1.23 bits per heavy atom. The molecule has 2 aromatic rings. The van der Waals surface area contributed by atoms with Crippen LogP contribution >= 0.6 is 11.8 Å². The van der Waals surface area contributed by atoms with Crippen molar-refractivity contribution in [2.75, 3.05) is 18.8 Å². The van der Waals surface area contributed by atoms with Gasteiger partial charge >= 0.3 is 0 Å². The van der Waals surface area contributed by atoms with Crippen molar-refractivity contribution in [1.29, 1.82) is 0 Å². The van der Waals surface area contributed by atoms with E-state index in [1.54, 1.807) is 4.68 Å². The van der Waals surface area contributed by atoms with Crippen molar-refractivity contribution in [3.05, 3.63) is 29.3 Å². The Kier molecular flexibility index (Phi) is 4.42. The number of tetrazole rings is 1. The van der Waals surface area contributed by atoms with Gasteiger partial charge < -0.3 is 4.90 Å². The number of benzene rings is 1. The monoisotopic (exact) mass is 317 g/mol. The molecule has 1 aromatic carbocycles. The maximum Gasteiger partial charge on any atom is 0.233 e. The summed E-state index contributed by atoms with van der Waals surface area (Å²) in [7, 11) is 0. The summed E-state index contributed by atoms with van der Waals surface area (Å²) in [5.74, 6) is 0.544. The zero-order valence-corrected chi connectivity index (χ0v) is 13.6. The number of likely N-dealkylation sites (tertiary alicyclic amines) is 1. The fourth-order valence-corrected chi connectivity index (χ4v) is 3.27. The lowest BCUT2D eigenvalue weighted by Crippen LogP contribution is -2.29. The lowest BCUT2D eigenvalue weighted by Gasteiger charge is -2.14. The van der Waals surface area contributed by atoms with Crippen molar-refractivity contribution in [2.24, 2.45) is 0 Å². The molecule has 6 nitrogen and oxygen atoms in total. The fraction of sp³-hybridized carbons (Fsp3) is 0.467. The summed E-state index contributed by atoms with van der Waals surface area (Å²) in [4.78, 5) is 14.0. The SMILES string of the molecule is Cc1ccc(-n2nnnc2SCC(=O)N2CCCC2)cc1C. The molecule has 3 rings (SSSR count). The van der Waals surface area contributed by atoms with Crippen LogP contribution in [0.4, 0.5) is 0 Å². The van der Waals surface area contributed by atoms with Gasteiger partial charge in [-0.3, -0.25) is 4.79 Å². The largest absolute Gasteiger partial charge is 0.342 e. The highest BCUT2D eigenvalue weighted by Gasteiger charge is 2.19. The first-order valence-electron chi connectivity index (χ1n) is 7.42. The molecule has 1 saturated heterocycles. The molecule has 0 bridgehead atoms. The number of rotatable bonds is 4. The molecule has 22 heavy (non-hydrogen) atoms. The van der Waals surface area contributed by atoms with Gasteiger partial charge in [-0.25, -0.2) is 0 Å². The minimum atomic E-state index is 0.164. The second-order valence-electron chi connectivity index (χ2n) is 5.52. The van der Waals surface area contributed by atoms with Gasteiger partial charge in [0.15, 0.2) is 0 Å². The summed E-state index contributed by atoms with van der Waals surface area (Å²) < 4.78 is 1.69. The summed E-state index contributed by atoms with van der Waals surface area (Å²) in [5, 5.41) is 12.5. The molecule has 116 valence electrons. The zero-order chi connectivity index (χ0) is 15.5. The van der Waals surface area contributed by atoms with Crippen LogP contribution in [-0.4, -0.2) is 49.9 Å². The van der Waals surface area contributed by atoms with E-state index >= 15 is 0 Å². The van der Waals surface area contributed by atoms with Gasteiger partial charge in [-0.2, -0.15) is 4.68 Å². The van der Waals surface area contributed by atoms with Gasteiger partial charge in [0.2, 0.25) is 11.1 Å². The quantitative estimate of drug-likeness (QED) is 0.807. The van der Waals surface area contributed by atoms with Crippen LogP contribution in [-0.2, 0) is 4.79 Å². The highest BCUT2D eigenvalue weighted by atomic mass is 32.2. The smallest absolute Gasteiger partial charge is 0.233 e. The first-order chi connectivity index (χ1) is 10.6. The first kappa shape index (κ1) is 15.0. The number of carbonyl (C=O) groups excluding carboxylic acids is 1. The minimum Gasteiger partial charge on any atom is -0.342 e. The molecular weight excluding hydrogens is 298 g/mol. The molecule has 0 spiro atoms. The van der Waals surface area contributed by atoms with Crippen LogP contribution in [0.25, 0.3) is 5.69 Å². The average Bonchev–Trinajstić information content (AvgIpc) is 3.18. The second kappa shape index (κ2) is 6.48. The summed E-state index contributed by atoms with van der Waals surface area (Å²) in [6, 6.07) is 6.10. The van der Waals surface area contributed by atoms with Crippen LogP contribution in [0.3, 0.4) is 0 Å². The van der Waals surface area contributed by atoms with E-state index in [0.717, 1.165) is 31.6 Å². The highest BCUT2D eigenvalue weighted by Crippen LogP contribution is 2.21. The van der Waals surface area contributed by atoms with E-state index in [9.17, 15) is 4.79 Å². The van der Waals surface area contributed by atoms with Crippen LogP contribution in [0, 0.1) is 13.8 Å². The summed E-state index contributed by atoms with van der Waals surface area (Å²) >= 11 is 1.39. The van der Waals surface area contributed by atoms with Crippen molar-refractivity contribution in [3.63, 3.8) is 0 Å². The summed E-state index contributed by atoms with van der Waals surface area (Å²) in [6.45, 7) is 5.89. The van der Waals surface area contributed by atoms with Gasteiger partial charge in [0.05, 0.1) is 11.4 Å². The molecule has 0 atom stereocenters. The number of aryl methyl sites for hydroxylation is 2. The van der Waals surface area contributed by atoms with Crippen molar-refractivity contribution in [2.45, 2.75) is 31.8 Å². The fourth-order valence-electron chi connectivity index (χ4n) is 2.47. The number of hydrogen-bond donors (Lipinski definition) is 0. The molecule has 0 radical (unpaired) electrons. The second-order valence-corrected chi connectivity index (χ2v) is 6.46. The van der Waals surface area contributed by atoms with Crippen LogP contribution < -0.4 is 0 Å². The van der Waals surface area contributed by atoms with E-state index in [0.29, 0.717) is 10.9 Å². The standard InChI is InChI=1S/C15H19N5OS/c1-11-5-6-13(9-12(11)2)20-15(16-17-18-20)22-10-14(21)19-7-3-4-8-19/h5-6,9H,3-4,7-8,10H2,1-2H3. The number of nitrogens with zero attached hydrogens (tertiary/aromatic N) is 5. The number of amides is 1. The van der Waals surface area contributed by atoms with E-state index < -0.39 is 0 Å². The van der Waals surface area contributed by atoms with Crippen LogP contribution in [0.5, 0.6) is 0 Å². The minimum absolute atomic E-state index is 0.164. The Morgan fingerprint density at radius 2 is 2.00 bits per heavy atom. The topological polar surface area (TPSA) is 63.9 Å². The molecule has 0 N–H and O–H groups in total. The molecule has 1 aromatic heterocycles. The Balaban J connectivity index is 1.71. The number of carbonyl (C=O) groups is 1.